The maximum Gasteiger partial charge on any atom is 0.325 e. The van der Waals surface area contributed by atoms with E-state index in [-0.39, 0.29) is 0 Å². The van der Waals surface area contributed by atoms with Crippen molar-refractivity contribution in [3.8, 4) is 11.8 Å². The Hall–Kier alpha value is -3.25. The number of nitrogens with one attached hydrogen (secondary N) is 1. The minimum absolute atomic E-state index is 0.366. The molecule has 9 heteroatoms. The molecule has 0 saturated heterocycles. The van der Waals surface area contributed by atoms with Gasteiger partial charge in [-0.05, 0) is 37.6 Å². The number of amides is 1. The fourth-order valence-electron chi connectivity index (χ4n) is 2.35. The fraction of sp³-hybridized carbons (Fsp3) is 0.381. The second-order valence-corrected chi connectivity index (χ2v) is 7.31. The number of ether oxygens (including phenoxy) is 2. The van der Waals surface area contributed by atoms with Crippen molar-refractivity contribution in [1.29, 1.82) is 5.26 Å². The lowest BCUT2D eigenvalue weighted by Crippen LogP contribution is -2.32. The number of unbranched alkanes of at least 4 members (excludes halogenated alkanes) is 1. The van der Waals surface area contributed by atoms with E-state index in [9.17, 15) is 19.6 Å². The zero-order valence-electron chi connectivity index (χ0n) is 16.8. The van der Waals surface area contributed by atoms with Gasteiger partial charge in [0.1, 0.15) is 17.3 Å². The minimum Gasteiger partial charge on any atom is -0.494 e. The predicted molar refractivity (Wildman–Crippen MR) is 110 cm³/mol. The van der Waals surface area contributed by atoms with Crippen LogP contribution in [0.4, 0.5) is 0 Å². The van der Waals surface area contributed by atoms with E-state index in [1.807, 2.05) is 6.07 Å². The Morgan fingerprint density at radius 3 is 2.60 bits per heavy atom. The first-order chi connectivity index (χ1) is 14.4. The van der Waals surface area contributed by atoms with Crippen molar-refractivity contribution >= 4 is 29.0 Å². The van der Waals surface area contributed by atoms with Gasteiger partial charge in [-0.2, -0.15) is 5.26 Å². The summed E-state index contributed by atoms with van der Waals surface area (Å²) in [6.07, 6.45) is 1.98. The summed E-state index contributed by atoms with van der Waals surface area (Å²) in [5, 5.41) is 13.7. The van der Waals surface area contributed by atoms with Gasteiger partial charge in [-0.15, -0.1) is 11.3 Å². The maximum absolute atomic E-state index is 12.1. The Morgan fingerprint density at radius 1 is 1.27 bits per heavy atom. The van der Waals surface area contributed by atoms with Crippen molar-refractivity contribution in [2.24, 2.45) is 0 Å². The van der Waals surface area contributed by atoms with Crippen LogP contribution in [0.3, 0.4) is 0 Å². The first-order valence-corrected chi connectivity index (χ1v) is 10.3. The van der Waals surface area contributed by atoms with E-state index in [0.29, 0.717) is 28.6 Å². The first-order valence-electron chi connectivity index (χ1n) is 9.45. The van der Waals surface area contributed by atoms with Gasteiger partial charge in [-0.3, -0.25) is 14.4 Å². The highest BCUT2D eigenvalue weighted by molar-refractivity contribution is 7.09. The highest BCUT2D eigenvalue weighted by Crippen LogP contribution is 2.20. The number of nitriles is 1. The summed E-state index contributed by atoms with van der Waals surface area (Å²) >= 11 is 1.20. The number of thiazole rings is 1. The summed E-state index contributed by atoms with van der Waals surface area (Å²) in [7, 11) is 0. The summed E-state index contributed by atoms with van der Waals surface area (Å²) in [5.41, 5.74) is 1.08. The molecule has 8 nitrogen and oxygen atoms in total. The number of benzene rings is 1. The van der Waals surface area contributed by atoms with E-state index in [2.05, 4.69) is 17.2 Å². The molecule has 0 spiro atoms. The maximum atomic E-state index is 12.1. The van der Waals surface area contributed by atoms with Crippen LogP contribution in [0.25, 0.3) is 0 Å². The SMILES string of the molecule is CCCCOc1ccc(C(=O)NCC(=O)OCC(=O)[C@@H](C#N)c2nc(C)cs2)cc1. The Labute approximate surface area is 178 Å². The standard InChI is InChI=1S/C21H23N3O5S/c1-3-4-9-28-16-7-5-15(6-8-16)20(27)23-11-19(26)29-12-18(25)17(10-22)21-24-14(2)13-30-21/h5-8,13,17H,3-4,9,11-12H2,1-2H3,(H,23,27)/t17-/m1/s1. The Morgan fingerprint density at radius 2 is 2.00 bits per heavy atom. The number of hydrogen-bond acceptors (Lipinski definition) is 8. The number of Topliss-reactive ketones (excluding diaryl/α,β-unsaturated/α-hetero) is 1. The monoisotopic (exact) mass is 429 g/mol. The zero-order chi connectivity index (χ0) is 21.9. The molecular formula is C21H23N3O5S. The second-order valence-electron chi connectivity index (χ2n) is 6.43. The van der Waals surface area contributed by atoms with Crippen molar-refractivity contribution < 1.29 is 23.9 Å². The molecule has 1 heterocycles. The van der Waals surface area contributed by atoms with Crippen molar-refractivity contribution in [1.82, 2.24) is 10.3 Å². The molecule has 2 rings (SSSR count). The molecular weight excluding hydrogens is 406 g/mol. The topological polar surface area (TPSA) is 118 Å². The molecule has 1 N–H and O–H groups in total. The summed E-state index contributed by atoms with van der Waals surface area (Å²) < 4.78 is 10.4. The van der Waals surface area contributed by atoms with Crippen LogP contribution in [0.5, 0.6) is 5.75 Å². The molecule has 1 atom stereocenters. The zero-order valence-corrected chi connectivity index (χ0v) is 17.7. The molecule has 2 aromatic rings. The number of hydrogen-bond donors (Lipinski definition) is 1. The molecule has 0 aliphatic heterocycles. The molecule has 158 valence electrons. The average molecular weight is 429 g/mol. The van der Waals surface area contributed by atoms with E-state index in [1.165, 1.54) is 11.3 Å². The van der Waals surface area contributed by atoms with Crippen LogP contribution < -0.4 is 10.1 Å². The van der Waals surface area contributed by atoms with Crippen LogP contribution in [0, 0.1) is 18.3 Å². The van der Waals surface area contributed by atoms with Crippen molar-refractivity contribution in [3.63, 3.8) is 0 Å². The average Bonchev–Trinajstić information content (AvgIpc) is 3.17. The molecule has 30 heavy (non-hydrogen) atoms. The van der Waals surface area contributed by atoms with Gasteiger partial charge in [0.25, 0.3) is 5.91 Å². The van der Waals surface area contributed by atoms with Gasteiger partial charge < -0.3 is 14.8 Å². The van der Waals surface area contributed by atoms with E-state index in [1.54, 1.807) is 36.6 Å². The number of aryl methyl sites for hydroxylation is 1. The van der Waals surface area contributed by atoms with Crippen molar-refractivity contribution in [2.45, 2.75) is 32.6 Å². The van der Waals surface area contributed by atoms with Gasteiger partial charge in [0.2, 0.25) is 0 Å². The Balaban J connectivity index is 1.76. The Kier molecular flexibility index (Phi) is 8.97. The molecule has 0 bridgehead atoms. The lowest BCUT2D eigenvalue weighted by Gasteiger charge is -2.09. The molecule has 1 aromatic carbocycles. The quantitative estimate of drug-likeness (QED) is 0.431. The van der Waals surface area contributed by atoms with Crippen LogP contribution in [0.2, 0.25) is 0 Å². The van der Waals surface area contributed by atoms with Gasteiger partial charge in [0.05, 0.1) is 12.7 Å². The molecule has 0 radical (unpaired) electrons. The van der Waals surface area contributed by atoms with Crippen molar-refractivity contribution in [3.05, 3.63) is 45.9 Å². The molecule has 1 aromatic heterocycles. The highest BCUT2D eigenvalue weighted by atomic mass is 32.1. The largest absolute Gasteiger partial charge is 0.494 e. The summed E-state index contributed by atoms with van der Waals surface area (Å²) in [6, 6.07) is 8.44. The van der Waals surface area contributed by atoms with Crippen LogP contribution in [-0.4, -0.2) is 42.4 Å². The predicted octanol–water partition coefficient (Wildman–Crippen LogP) is 2.78. The lowest BCUT2D eigenvalue weighted by molar-refractivity contribution is -0.146. The first kappa shape index (κ1) is 23.0. The van der Waals surface area contributed by atoms with Gasteiger partial charge in [0.15, 0.2) is 18.3 Å². The molecule has 0 unspecified atom stereocenters. The number of carbonyl (C=O) groups excluding carboxylic acids is 3. The third-order valence-corrected chi connectivity index (χ3v) is 5.01. The number of carbonyl (C=O) groups is 3. The second kappa shape index (κ2) is 11.7. The number of nitrogens with zero attached hydrogens (tertiary/aromatic N) is 2. The van der Waals surface area contributed by atoms with Gasteiger partial charge in [-0.25, -0.2) is 4.98 Å². The van der Waals surface area contributed by atoms with Crippen LogP contribution in [-0.2, 0) is 14.3 Å². The normalized spacial score (nSPS) is 11.2. The number of ketones is 1. The van der Waals surface area contributed by atoms with E-state index in [0.717, 1.165) is 12.8 Å². The van der Waals surface area contributed by atoms with Crippen molar-refractivity contribution in [2.75, 3.05) is 19.8 Å². The molecule has 0 fully saturated rings. The van der Waals surface area contributed by atoms with Crippen LogP contribution in [0.15, 0.2) is 29.6 Å². The smallest absolute Gasteiger partial charge is 0.325 e. The third kappa shape index (κ3) is 6.97. The van der Waals surface area contributed by atoms with Gasteiger partial charge in [0, 0.05) is 16.6 Å². The van der Waals surface area contributed by atoms with Crippen LogP contribution in [0.1, 0.15) is 46.7 Å². The van der Waals surface area contributed by atoms with Crippen LogP contribution >= 0.6 is 11.3 Å². The summed E-state index contributed by atoms with van der Waals surface area (Å²) in [6.45, 7) is 3.49. The minimum atomic E-state index is -1.08. The highest BCUT2D eigenvalue weighted by Gasteiger charge is 2.24. The number of rotatable bonds is 11. The van der Waals surface area contributed by atoms with E-state index < -0.39 is 36.7 Å². The molecule has 0 saturated carbocycles. The number of esters is 1. The third-order valence-electron chi connectivity index (χ3n) is 3.99. The summed E-state index contributed by atoms with van der Waals surface area (Å²) in [4.78, 5) is 40.2. The van der Waals surface area contributed by atoms with Gasteiger partial charge in [-0.1, -0.05) is 13.3 Å². The fourth-order valence-corrected chi connectivity index (χ4v) is 3.21. The Bertz CT molecular complexity index is 917. The molecule has 0 aliphatic rings. The number of aromatic nitrogens is 1. The lowest BCUT2D eigenvalue weighted by atomic mass is 10.1. The summed E-state index contributed by atoms with van der Waals surface area (Å²) in [5.74, 6) is -2.20. The van der Waals surface area contributed by atoms with Gasteiger partial charge >= 0.3 is 5.97 Å². The van der Waals surface area contributed by atoms with E-state index >= 15 is 0 Å². The van der Waals surface area contributed by atoms with E-state index in [4.69, 9.17) is 9.47 Å². The molecule has 0 aliphatic carbocycles. The molecule has 1 amide bonds.